The molecule has 1 rings (SSSR count). The van der Waals surface area contributed by atoms with Gasteiger partial charge in [0, 0.05) is 12.8 Å². The van der Waals surface area contributed by atoms with E-state index < -0.39 is 75.7 Å². The number of hydrogen-bond acceptors (Lipinski definition) is 12. The van der Waals surface area contributed by atoms with Gasteiger partial charge in [-0.15, -0.1) is 0 Å². The number of aliphatic hydroxyl groups is 5. The average Bonchev–Trinajstić information content (AvgIpc) is 3.39. The van der Waals surface area contributed by atoms with Crippen LogP contribution < -0.4 is 0 Å². The molecule has 1 aliphatic rings. The van der Waals surface area contributed by atoms with Crippen LogP contribution in [0.4, 0.5) is 0 Å². The number of ether oxygens (including phenoxy) is 2. The summed E-state index contributed by atoms with van der Waals surface area (Å²) < 4.78 is 33.8. The first-order chi connectivity index (χ1) is 36.4. The van der Waals surface area contributed by atoms with Crippen molar-refractivity contribution in [2.24, 2.45) is 0 Å². The van der Waals surface area contributed by atoms with Crippen molar-refractivity contribution < 1.29 is 63.1 Å². The van der Waals surface area contributed by atoms with E-state index in [1.54, 1.807) is 0 Å². The normalized spacial score (nSPS) is 20.2. The van der Waals surface area contributed by atoms with E-state index in [-0.39, 0.29) is 12.8 Å². The Hall–Kier alpha value is -1.41. The standard InChI is InChI=1S/C61H117O13P/c1-3-5-7-9-11-13-15-17-19-21-23-25-27-29-31-33-35-37-39-41-43-45-47-49-54(62)71-51-53(52-72-75(69,70)74-61-59(67)57(65)56(64)58(66)60(61)68)73-55(63)50-48-46-44-42-40-38-36-34-32-30-28-26-24-22-20-18-16-14-12-10-8-6-4-2/h22,24,53,56-61,64-68H,3-21,23,25-52H2,1-2H3,(H,69,70)/b24-22-. The minimum atomic E-state index is -5.12. The Bertz CT molecular complexity index is 1350. The summed E-state index contributed by atoms with van der Waals surface area (Å²) in [7, 11) is -5.12. The van der Waals surface area contributed by atoms with E-state index in [0.29, 0.717) is 12.8 Å². The van der Waals surface area contributed by atoms with Crippen LogP contribution in [-0.4, -0.2) is 98.3 Å². The molecule has 6 N–H and O–H groups in total. The first kappa shape index (κ1) is 71.6. The van der Waals surface area contributed by atoms with Crippen molar-refractivity contribution in [2.75, 3.05) is 13.2 Å². The van der Waals surface area contributed by atoms with Crippen LogP contribution in [0.5, 0.6) is 0 Å². The van der Waals surface area contributed by atoms with E-state index in [1.807, 2.05) is 0 Å². The minimum Gasteiger partial charge on any atom is -0.462 e. The molecule has 1 fully saturated rings. The average molecular weight is 1090 g/mol. The molecule has 13 nitrogen and oxygen atoms in total. The fraction of sp³-hybridized carbons (Fsp3) is 0.934. The summed E-state index contributed by atoms with van der Waals surface area (Å²) in [5, 5.41) is 50.5. The first-order valence-corrected chi connectivity index (χ1v) is 33.0. The second kappa shape index (κ2) is 50.8. The minimum absolute atomic E-state index is 0.101. The third-order valence-corrected chi connectivity index (χ3v) is 16.1. The third-order valence-electron chi connectivity index (χ3n) is 15.1. The van der Waals surface area contributed by atoms with Gasteiger partial charge in [0.2, 0.25) is 0 Å². The van der Waals surface area contributed by atoms with Crippen LogP contribution in [0.15, 0.2) is 12.2 Å². The summed E-state index contributed by atoms with van der Waals surface area (Å²) in [6.07, 6.45) is 46.9. The van der Waals surface area contributed by atoms with Gasteiger partial charge < -0.3 is 39.9 Å². The molecule has 444 valence electrons. The van der Waals surface area contributed by atoms with Crippen LogP contribution in [-0.2, 0) is 32.7 Å². The molecule has 0 aliphatic heterocycles. The maximum absolute atomic E-state index is 12.9. The lowest BCUT2D eigenvalue weighted by molar-refractivity contribution is -0.220. The molecule has 14 heteroatoms. The van der Waals surface area contributed by atoms with E-state index in [4.69, 9.17) is 18.5 Å². The van der Waals surface area contributed by atoms with Crippen molar-refractivity contribution in [3.8, 4) is 0 Å². The number of esters is 2. The van der Waals surface area contributed by atoms with Gasteiger partial charge in [0.15, 0.2) is 6.10 Å². The first-order valence-electron chi connectivity index (χ1n) is 31.5. The van der Waals surface area contributed by atoms with Gasteiger partial charge in [0.25, 0.3) is 0 Å². The number of allylic oxidation sites excluding steroid dienone is 2. The van der Waals surface area contributed by atoms with Crippen LogP contribution in [0.1, 0.15) is 309 Å². The van der Waals surface area contributed by atoms with Gasteiger partial charge in [-0.25, -0.2) is 4.57 Å². The summed E-state index contributed by atoms with van der Waals surface area (Å²) in [5.41, 5.74) is 0. The molecule has 6 atom stereocenters. The maximum atomic E-state index is 12.9. The largest absolute Gasteiger partial charge is 0.472 e. The predicted molar refractivity (Wildman–Crippen MR) is 304 cm³/mol. The quantitative estimate of drug-likeness (QED) is 0.0145. The zero-order chi connectivity index (χ0) is 54.9. The van der Waals surface area contributed by atoms with Crippen LogP contribution in [0, 0.1) is 0 Å². The summed E-state index contributed by atoms with van der Waals surface area (Å²) >= 11 is 0. The number of phosphoric acid groups is 1. The van der Waals surface area contributed by atoms with E-state index >= 15 is 0 Å². The molecule has 1 aliphatic carbocycles. The Balaban J connectivity index is 2.28. The molecule has 6 unspecified atom stereocenters. The van der Waals surface area contributed by atoms with Gasteiger partial charge in [-0.3, -0.25) is 18.6 Å². The van der Waals surface area contributed by atoms with Crippen molar-refractivity contribution >= 4 is 19.8 Å². The molecule has 0 bridgehead atoms. The Morgan fingerprint density at radius 3 is 1.01 bits per heavy atom. The maximum Gasteiger partial charge on any atom is 0.472 e. The number of aliphatic hydroxyl groups excluding tert-OH is 5. The van der Waals surface area contributed by atoms with Gasteiger partial charge in [-0.2, -0.15) is 0 Å². The van der Waals surface area contributed by atoms with E-state index in [1.165, 1.54) is 225 Å². The monoisotopic (exact) mass is 1090 g/mol. The second-order valence-electron chi connectivity index (χ2n) is 22.3. The molecule has 0 spiro atoms. The molecular formula is C61H117O13P. The molecule has 0 heterocycles. The van der Waals surface area contributed by atoms with E-state index in [0.717, 1.165) is 44.9 Å². The predicted octanol–water partition coefficient (Wildman–Crippen LogP) is 15.3. The highest BCUT2D eigenvalue weighted by Crippen LogP contribution is 2.47. The highest BCUT2D eigenvalue weighted by atomic mass is 31.2. The molecule has 75 heavy (non-hydrogen) atoms. The highest BCUT2D eigenvalue weighted by molar-refractivity contribution is 7.47. The summed E-state index contributed by atoms with van der Waals surface area (Å²) in [6.45, 7) is 3.38. The summed E-state index contributed by atoms with van der Waals surface area (Å²) in [4.78, 5) is 36.1. The fourth-order valence-electron chi connectivity index (χ4n) is 10.1. The number of unbranched alkanes of at least 4 members (excludes halogenated alkanes) is 41. The van der Waals surface area contributed by atoms with Crippen molar-refractivity contribution in [2.45, 2.75) is 352 Å². The second-order valence-corrected chi connectivity index (χ2v) is 23.7. The van der Waals surface area contributed by atoms with Crippen molar-refractivity contribution in [3.63, 3.8) is 0 Å². The van der Waals surface area contributed by atoms with Crippen LogP contribution in [0.25, 0.3) is 0 Å². The molecule has 0 amide bonds. The summed E-state index contributed by atoms with van der Waals surface area (Å²) in [5.74, 6) is -1.08. The Kier molecular flexibility index (Phi) is 48.5. The van der Waals surface area contributed by atoms with Crippen molar-refractivity contribution in [1.29, 1.82) is 0 Å². The lowest BCUT2D eigenvalue weighted by Gasteiger charge is -2.41. The number of carbonyl (C=O) groups excluding carboxylic acids is 2. The Labute approximate surface area is 458 Å². The molecular weight excluding hydrogens is 972 g/mol. The number of phosphoric ester groups is 1. The topological polar surface area (TPSA) is 210 Å². The molecule has 0 aromatic heterocycles. The Morgan fingerprint density at radius 1 is 0.400 bits per heavy atom. The van der Waals surface area contributed by atoms with E-state index in [9.17, 15) is 44.6 Å². The van der Waals surface area contributed by atoms with Gasteiger partial charge in [-0.1, -0.05) is 270 Å². The van der Waals surface area contributed by atoms with Crippen molar-refractivity contribution in [3.05, 3.63) is 12.2 Å². The number of hydrogen-bond donors (Lipinski definition) is 6. The van der Waals surface area contributed by atoms with Crippen LogP contribution in [0.3, 0.4) is 0 Å². The van der Waals surface area contributed by atoms with Gasteiger partial charge in [0.05, 0.1) is 6.61 Å². The van der Waals surface area contributed by atoms with Gasteiger partial charge in [0.1, 0.15) is 43.2 Å². The molecule has 0 radical (unpaired) electrons. The zero-order valence-corrected chi connectivity index (χ0v) is 49.0. The fourth-order valence-corrected chi connectivity index (χ4v) is 11.1. The SMILES string of the molecule is CCCCCCCCCC/C=C\CCCCCCCCCCCCCC(=O)OC(COC(=O)CCCCCCCCCCCCCCCCCCCCCCCCC)COP(=O)(O)OC1C(O)C(O)C(O)C(O)C1O. The number of rotatable bonds is 55. The van der Waals surface area contributed by atoms with Crippen molar-refractivity contribution in [1.82, 2.24) is 0 Å². The highest BCUT2D eigenvalue weighted by Gasteiger charge is 2.51. The van der Waals surface area contributed by atoms with E-state index in [2.05, 4.69) is 26.0 Å². The molecule has 0 aromatic carbocycles. The smallest absolute Gasteiger partial charge is 0.462 e. The zero-order valence-electron chi connectivity index (χ0n) is 48.1. The van der Waals surface area contributed by atoms with Crippen LogP contribution >= 0.6 is 7.82 Å². The third kappa shape index (κ3) is 42.2. The summed E-state index contributed by atoms with van der Waals surface area (Å²) in [6, 6.07) is 0. The molecule has 0 saturated heterocycles. The number of carbonyl (C=O) groups is 2. The van der Waals surface area contributed by atoms with Gasteiger partial charge >= 0.3 is 19.8 Å². The molecule has 0 aromatic rings. The molecule has 1 saturated carbocycles. The van der Waals surface area contributed by atoms with Gasteiger partial charge in [-0.05, 0) is 38.5 Å². The van der Waals surface area contributed by atoms with Crippen LogP contribution in [0.2, 0.25) is 0 Å². The Morgan fingerprint density at radius 2 is 0.680 bits per heavy atom. The lowest BCUT2D eigenvalue weighted by atomic mass is 9.85. The lowest BCUT2D eigenvalue weighted by Crippen LogP contribution is -2.64.